The van der Waals surface area contributed by atoms with Crippen LogP contribution in [-0.4, -0.2) is 42.3 Å². The summed E-state index contributed by atoms with van der Waals surface area (Å²) in [5.41, 5.74) is 1.82. The maximum Gasteiger partial charge on any atom is 0.223 e. The molecule has 1 N–H and O–H groups in total. The topological polar surface area (TPSA) is 49.4 Å². The van der Waals surface area contributed by atoms with Crippen LogP contribution in [0.1, 0.15) is 35.7 Å². The second-order valence-corrected chi connectivity index (χ2v) is 5.43. The second kappa shape index (κ2) is 6.66. The number of rotatable bonds is 4. The van der Waals surface area contributed by atoms with Crippen molar-refractivity contribution in [3.8, 4) is 0 Å². The molecule has 1 atom stereocenters. The minimum atomic E-state index is 0.0427. The molecule has 4 heteroatoms. The summed E-state index contributed by atoms with van der Waals surface area (Å²) in [6, 6.07) is 7.72. The predicted molar refractivity (Wildman–Crippen MR) is 78.8 cm³/mol. The zero-order valence-corrected chi connectivity index (χ0v) is 12.2. The molecule has 0 radical (unpaired) electrons. The quantitative estimate of drug-likeness (QED) is 0.851. The molecule has 0 unspecified atom stereocenters. The van der Waals surface area contributed by atoms with Gasteiger partial charge < -0.3 is 10.2 Å². The van der Waals surface area contributed by atoms with Crippen molar-refractivity contribution in [2.75, 3.05) is 19.6 Å². The van der Waals surface area contributed by atoms with Crippen molar-refractivity contribution in [3.63, 3.8) is 0 Å². The number of nitrogens with one attached hydrogen (secondary N) is 1. The number of hydrogen-bond donors (Lipinski definition) is 1. The summed E-state index contributed by atoms with van der Waals surface area (Å²) < 4.78 is 0. The SMILES string of the molecule is Cc1ccc(C(=O)CCC(=O)N2CCNC[C@H]2C)cc1. The Morgan fingerprint density at radius 2 is 1.95 bits per heavy atom. The Bertz CT molecular complexity index is 482. The molecule has 1 aliphatic rings. The molecule has 1 aromatic rings. The van der Waals surface area contributed by atoms with Gasteiger partial charge >= 0.3 is 0 Å². The normalized spacial score (nSPS) is 18.9. The first-order chi connectivity index (χ1) is 9.58. The highest BCUT2D eigenvalue weighted by molar-refractivity contribution is 5.98. The van der Waals surface area contributed by atoms with Crippen LogP contribution in [0.2, 0.25) is 0 Å². The lowest BCUT2D eigenvalue weighted by molar-refractivity contribution is -0.133. The van der Waals surface area contributed by atoms with Crippen molar-refractivity contribution >= 4 is 11.7 Å². The van der Waals surface area contributed by atoms with E-state index < -0.39 is 0 Å². The first-order valence-corrected chi connectivity index (χ1v) is 7.18. The fourth-order valence-corrected chi connectivity index (χ4v) is 2.46. The number of benzene rings is 1. The molecule has 108 valence electrons. The Balaban J connectivity index is 1.86. The number of carbonyl (C=O) groups excluding carboxylic acids is 2. The molecule has 4 nitrogen and oxygen atoms in total. The monoisotopic (exact) mass is 274 g/mol. The van der Waals surface area contributed by atoms with Gasteiger partial charge in [-0.1, -0.05) is 29.8 Å². The summed E-state index contributed by atoms with van der Waals surface area (Å²) in [4.78, 5) is 26.1. The molecule has 1 aliphatic heterocycles. The molecule has 1 saturated heterocycles. The number of ketones is 1. The molecule has 0 aromatic heterocycles. The first-order valence-electron chi connectivity index (χ1n) is 7.18. The Hall–Kier alpha value is -1.68. The van der Waals surface area contributed by atoms with Gasteiger partial charge in [-0.3, -0.25) is 9.59 Å². The molecular formula is C16H22N2O2. The van der Waals surface area contributed by atoms with Crippen molar-refractivity contribution < 1.29 is 9.59 Å². The number of piperazine rings is 1. The van der Waals surface area contributed by atoms with Gasteiger partial charge in [0, 0.05) is 44.1 Å². The van der Waals surface area contributed by atoms with Crippen LogP contribution in [0.25, 0.3) is 0 Å². The Morgan fingerprint density at radius 3 is 2.60 bits per heavy atom. The number of aryl methyl sites for hydroxylation is 1. The molecule has 20 heavy (non-hydrogen) atoms. The van der Waals surface area contributed by atoms with Gasteiger partial charge in [0.1, 0.15) is 0 Å². The van der Waals surface area contributed by atoms with E-state index in [0.717, 1.165) is 25.2 Å². The summed E-state index contributed by atoms with van der Waals surface area (Å²) in [7, 11) is 0. The largest absolute Gasteiger partial charge is 0.337 e. The van der Waals surface area contributed by atoms with Crippen LogP contribution >= 0.6 is 0 Å². The highest BCUT2D eigenvalue weighted by Gasteiger charge is 2.23. The van der Waals surface area contributed by atoms with Crippen molar-refractivity contribution in [2.24, 2.45) is 0 Å². The average molecular weight is 274 g/mol. The zero-order valence-electron chi connectivity index (χ0n) is 12.2. The van der Waals surface area contributed by atoms with Gasteiger partial charge in [0.15, 0.2) is 5.78 Å². The minimum Gasteiger partial charge on any atom is -0.337 e. The van der Waals surface area contributed by atoms with Gasteiger partial charge in [0.25, 0.3) is 0 Å². The van der Waals surface area contributed by atoms with Crippen molar-refractivity contribution in [3.05, 3.63) is 35.4 Å². The van der Waals surface area contributed by atoms with Gasteiger partial charge in [0.05, 0.1) is 0 Å². The fraction of sp³-hybridized carbons (Fsp3) is 0.500. The predicted octanol–water partition coefficient (Wildman–Crippen LogP) is 1.78. The lowest BCUT2D eigenvalue weighted by atomic mass is 10.0. The van der Waals surface area contributed by atoms with E-state index in [9.17, 15) is 9.59 Å². The summed E-state index contributed by atoms with van der Waals surface area (Å²) in [5, 5.41) is 3.25. The molecular weight excluding hydrogens is 252 g/mol. The van der Waals surface area contributed by atoms with Crippen LogP contribution in [0, 0.1) is 6.92 Å². The Labute approximate surface area is 120 Å². The molecule has 1 heterocycles. The van der Waals surface area contributed by atoms with E-state index in [1.165, 1.54) is 0 Å². The van der Waals surface area contributed by atoms with E-state index in [0.29, 0.717) is 18.4 Å². The Morgan fingerprint density at radius 1 is 1.25 bits per heavy atom. The third-order valence-electron chi connectivity index (χ3n) is 3.76. The fourth-order valence-electron chi connectivity index (χ4n) is 2.46. The maximum atomic E-state index is 12.1. The molecule has 1 aromatic carbocycles. The minimum absolute atomic E-state index is 0.0427. The van der Waals surface area contributed by atoms with Crippen molar-refractivity contribution in [1.29, 1.82) is 0 Å². The van der Waals surface area contributed by atoms with E-state index in [1.54, 1.807) is 0 Å². The maximum absolute atomic E-state index is 12.1. The summed E-state index contributed by atoms with van der Waals surface area (Å²) in [5.74, 6) is 0.126. The molecule has 0 saturated carbocycles. The van der Waals surface area contributed by atoms with E-state index in [4.69, 9.17) is 0 Å². The second-order valence-electron chi connectivity index (χ2n) is 5.43. The smallest absolute Gasteiger partial charge is 0.223 e. The van der Waals surface area contributed by atoms with Gasteiger partial charge in [-0.2, -0.15) is 0 Å². The van der Waals surface area contributed by atoms with Crippen LogP contribution in [0.5, 0.6) is 0 Å². The summed E-state index contributed by atoms with van der Waals surface area (Å²) >= 11 is 0. The molecule has 1 fully saturated rings. The number of hydrogen-bond acceptors (Lipinski definition) is 3. The third kappa shape index (κ3) is 3.67. The molecule has 0 aliphatic carbocycles. The number of carbonyl (C=O) groups is 2. The van der Waals surface area contributed by atoms with E-state index in [1.807, 2.05) is 43.0 Å². The highest BCUT2D eigenvalue weighted by atomic mass is 16.2. The van der Waals surface area contributed by atoms with Gasteiger partial charge in [0.2, 0.25) is 5.91 Å². The molecule has 0 spiro atoms. The summed E-state index contributed by atoms with van der Waals surface area (Å²) in [6.07, 6.45) is 0.593. The standard InChI is InChI=1S/C16H22N2O2/c1-12-3-5-14(6-4-12)15(19)7-8-16(20)18-10-9-17-11-13(18)2/h3-6,13,17H,7-11H2,1-2H3/t13-/m1/s1. The zero-order chi connectivity index (χ0) is 14.5. The van der Waals surface area contributed by atoms with Crippen LogP contribution < -0.4 is 5.32 Å². The van der Waals surface area contributed by atoms with Crippen molar-refractivity contribution in [2.45, 2.75) is 32.7 Å². The van der Waals surface area contributed by atoms with E-state index in [2.05, 4.69) is 5.32 Å². The number of amides is 1. The lowest BCUT2D eigenvalue weighted by Crippen LogP contribution is -2.52. The van der Waals surface area contributed by atoms with Crippen molar-refractivity contribution in [1.82, 2.24) is 10.2 Å². The lowest BCUT2D eigenvalue weighted by Gasteiger charge is -2.34. The average Bonchev–Trinajstić information content (AvgIpc) is 2.45. The highest BCUT2D eigenvalue weighted by Crippen LogP contribution is 2.11. The first kappa shape index (κ1) is 14.7. The molecule has 0 bridgehead atoms. The van der Waals surface area contributed by atoms with Crippen LogP contribution in [-0.2, 0) is 4.79 Å². The number of Topliss-reactive ketones (excluding diaryl/α,β-unsaturated/α-hetero) is 1. The van der Waals surface area contributed by atoms with Crippen LogP contribution in [0.3, 0.4) is 0 Å². The van der Waals surface area contributed by atoms with Gasteiger partial charge in [-0.25, -0.2) is 0 Å². The van der Waals surface area contributed by atoms with Crippen LogP contribution in [0.15, 0.2) is 24.3 Å². The summed E-state index contributed by atoms with van der Waals surface area (Å²) in [6.45, 7) is 6.42. The van der Waals surface area contributed by atoms with Gasteiger partial charge in [-0.05, 0) is 13.8 Å². The van der Waals surface area contributed by atoms with Gasteiger partial charge in [-0.15, -0.1) is 0 Å². The number of nitrogens with zero attached hydrogens (tertiary/aromatic N) is 1. The molecule has 2 rings (SSSR count). The van der Waals surface area contributed by atoms with E-state index >= 15 is 0 Å². The molecule has 1 amide bonds. The van der Waals surface area contributed by atoms with Crippen LogP contribution in [0.4, 0.5) is 0 Å². The third-order valence-corrected chi connectivity index (χ3v) is 3.76. The Kier molecular flexibility index (Phi) is 4.90. The van der Waals surface area contributed by atoms with E-state index in [-0.39, 0.29) is 17.7 Å².